The van der Waals surface area contributed by atoms with Crippen molar-refractivity contribution < 1.29 is 4.79 Å². The molecule has 0 aromatic carbocycles. The van der Waals surface area contributed by atoms with E-state index in [-0.39, 0.29) is 0 Å². The molecule has 2 rings (SSSR count). The number of hydrogen-bond donors (Lipinski definition) is 0. The third kappa shape index (κ3) is 0.849. The second kappa shape index (κ2) is 2.33. The minimum atomic E-state index is 0.385. The molecule has 0 unspecified atom stereocenters. The molecule has 2 aromatic rings. The lowest BCUT2D eigenvalue weighted by atomic mass is 10.3. The van der Waals surface area contributed by atoms with Crippen LogP contribution in [0.2, 0.25) is 0 Å². The largest absolute Gasteiger partial charge is 0.298 e. The smallest absolute Gasteiger partial charge is 0.210 e. The molecule has 2 aromatic heterocycles. The van der Waals surface area contributed by atoms with Gasteiger partial charge in [-0.15, -0.1) is 9.73 Å². The van der Waals surface area contributed by atoms with Gasteiger partial charge in [-0.2, -0.15) is 5.10 Å². The zero-order valence-corrected chi connectivity index (χ0v) is 6.30. The van der Waals surface area contributed by atoms with Gasteiger partial charge in [0, 0.05) is 0 Å². The summed E-state index contributed by atoms with van der Waals surface area (Å²) in [7, 11) is 0. The highest BCUT2D eigenvalue weighted by atomic mass is 16.1. The van der Waals surface area contributed by atoms with Crippen molar-refractivity contribution in [3.8, 4) is 0 Å². The van der Waals surface area contributed by atoms with Gasteiger partial charge in [-0.05, 0) is 23.4 Å². The van der Waals surface area contributed by atoms with Crippen molar-refractivity contribution in [2.75, 3.05) is 0 Å². The van der Waals surface area contributed by atoms with Crippen molar-refractivity contribution >= 4 is 11.9 Å². The lowest BCUT2D eigenvalue weighted by Gasteiger charge is -1.93. The summed E-state index contributed by atoms with van der Waals surface area (Å²) in [6.45, 7) is 1.77. The molecule has 6 nitrogen and oxygen atoms in total. The predicted octanol–water partition coefficient (Wildman–Crippen LogP) is -0.360. The Morgan fingerprint density at radius 3 is 3.17 bits per heavy atom. The van der Waals surface area contributed by atoms with Crippen molar-refractivity contribution in [1.82, 2.24) is 25.3 Å². The topological polar surface area (TPSA) is 73.0 Å². The Morgan fingerprint density at radius 1 is 1.58 bits per heavy atom. The van der Waals surface area contributed by atoms with E-state index in [0.29, 0.717) is 23.2 Å². The highest BCUT2D eigenvalue weighted by molar-refractivity contribution is 5.83. The molecule has 0 fully saturated rings. The van der Waals surface area contributed by atoms with E-state index in [0.717, 1.165) is 0 Å². The number of hydrogen-bond acceptors (Lipinski definition) is 5. The molecule has 2 heterocycles. The van der Waals surface area contributed by atoms with Crippen molar-refractivity contribution in [3.63, 3.8) is 0 Å². The molecule has 0 aliphatic heterocycles. The summed E-state index contributed by atoms with van der Waals surface area (Å²) in [5, 5.41) is 14.6. The van der Waals surface area contributed by atoms with Gasteiger partial charge in [-0.1, -0.05) is 0 Å². The number of aldehydes is 1. The van der Waals surface area contributed by atoms with Crippen molar-refractivity contribution in [2.45, 2.75) is 6.92 Å². The molecule has 6 heteroatoms. The van der Waals surface area contributed by atoms with Gasteiger partial charge in [0.15, 0.2) is 6.29 Å². The van der Waals surface area contributed by atoms with Gasteiger partial charge < -0.3 is 0 Å². The number of fused-ring (bicyclic) bond motifs is 1. The van der Waals surface area contributed by atoms with Gasteiger partial charge in [0.25, 0.3) is 0 Å². The summed E-state index contributed by atoms with van der Waals surface area (Å²) >= 11 is 0. The SMILES string of the molecule is Cc1cc(C=O)c2nnnn2n1. The molecule has 0 saturated carbocycles. The Bertz CT molecular complexity index is 434. The van der Waals surface area contributed by atoms with E-state index in [1.807, 2.05) is 0 Å². The minimum Gasteiger partial charge on any atom is -0.298 e. The van der Waals surface area contributed by atoms with Crippen LogP contribution < -0.4 is 0 Å². The fraction of sp³-hybridized carbons (Fsp3) is 0.167. The summed E-state index contributed by atoms with van der Waals surface area (Å²) in [6, 6.07) is 1.64. The fourth-order valence-electron chi connectivity index (χ4n) is 0.978. The van der Waals surface area contributed by atoms with Gasteiger partial charge in [0.2, 0.25) is 5.65 Å². The maximum atomic E-state index is 10.5. The summed E-state index contributed by atoms with van der Waals surface area (Å²) in [5.41, 5.74) is 1.54. The molecule has 0 radical (unpaired) electrons. The van der Waals surface area contributed by atoms with E-state index >= 15 is 0 Å². The predicted molar refractivity (Wildman–Crippen MR) is 38.7 cm³/mol. The van der Waals surface area contributed by atoms with Crippen LogP contribution in [0.15, 0.2) is 6.07 Å². The molecule has 0 aliphatic rings. The summed E-state index contributed by atoms with van der Waals surface area (Å²) in [4.78, 5) is 10.5. The van der Waals surface area contributed by atoms with Crippen LogP contribution in [0, 0.1) is 6.92 Å². The van der Waals surface area contributed by atoms with Crippen LogP contribution in [0.3, 0.4) is 0 Å². The number of carbonyl (C=O) groups excluding carboxylic acids is 1. The normalized spacial score (nSPS) is 10.4. The Kier molecular flexibility index (Phi) is 1.33. The minimum absolute atomic E-state index is 0.385. The first-order chi connectivity index (χ1) is 5.81. The highest BCUT2D eigenvalue weighted by Gasteiger charge is 2.05. The molecule has 0 N–H and O–H groups in total. The van der Waals surface area contributed by atoms with Gasteiger partial charge >= 0.3 is 0 Å². The number of aromatic nitrogens is 5. The third-order valence-corrected chi connectivity index (χ3v) is 1.46. The van der Waals surface area contributed by atoms with Gasteiger partial charge in [0.1, 0.15) is 0 Å². The summed E-state index contributed by atoms with van der Waals surface area (Å²) < 4.78 is 1.24. The molecule has 0 amide bonds. The van der Waals surface area contributed by atoms with E-state index in [1.54, 1.807) is 13.0 Å². The number of rotatable bonds is 1. The van der Waals surface area contributed by atoms with E-state index in [1.165, 1.54) is 4.63 Å². The average molecular weight is 163 g/mol. The summed E-state index contributed by atoms with van der Waals surface area (Å²) in [5.74, 6) is 0. The van der Waals surface area contributed by atoms with Crippen LogP contribution in [0.4, 0.5) is 0 Å². The molecule has 0 aliphatic carbocycles. The number of tetrazole rings is 1. The number of aryl methyl sites for hydroxylation is 1. The average Bonchev–Trinajstić information content (AvgIpc) is 2.50. The Hall–Kier alpha value is -1.85. The molecule has 0 saturated heterocycles. The maximum absolute atomic E-state index is 10.5. The monoisotopic (exact) mass is 163 g/mol. The second-order valence-electron chi connectivity index (χ2n) is 2.35. The van der Waals surface area contributed by atoms with E-state index < -0.39 is 0 Å². The number of carbonyl (C=O) groups is 1. The Balaban J connectivity index is 2.88. The van der Waals surface area contributed by atoms with E-state index in [4.69, 9.17) is 0 Å². The molecule has 0 bridgehead atoms. The lowest BCUT2D eigenvalue weighted by molar-refractivity contribution is 0.112. The van der Waals surface area contributed by atoms with Gasteiger partial charge in [0.05, 0.1) is 11.3 Å². The zero-order valence-electron chi connectivity index (χ0n) is 6.30. The molecule has 0 spiro atoms. The molecule has 60 valence electrons. The van der Waals surface area contributed by atoms with E-state index in [2.05, 4.69) is 20.6 Å². The molecular weight excluding hydrogens is 158 g/mol. The summed E-state index contributed by atoms with van der Waals surface area (Å²) in [6.07, 6.45) is 0.709. The first-order valence-corrected chi connectivity index (χ1v) is 3.32. The van der Waals surface area contributed by atoms with Crippen LogP contribution in [-0.2, 0) is 0 Å². The van der Waals surface area contributed by atoms with Gasteiger partial charge in [-0.3, -0.25) is 4.79 Å². The molecule has 12 heavy (non-hydrogen) atoms. The second-order valence-corrected chi connectivity index (χ2v) is 2.35. The molecule has 0 atom stereocenters. The maximum Gasteiger partial charge on any atom is 0.210 e. The first kappa shape index (κ1) is 6.84. The standard InChI is InChI=1S/C6H5N5O/c1-4-2-5(3-12)6-7-9-10-11(6)8-4/h2-3H,1H3. The van der Waals surface area contributed by atoms with Crippen LogP contribution >= 0.6 is 0 Å². The van der Waals surface area contributed by atoms with Crippen molar-refractivity contribution in [2.24, 2.45) is 0 Å². The van der Waals surface area contributed by atoms with Crippen LogP contribution in [0.5, 0.6) is 0 Å². The quantitative estimate of drug-likeness (QED) is 0.537. The van der Waals surface area contributed by atoms with Crippen LogP contribution in [0.25, 0.3) is 5.65 Å². The first-order valence-electron chi connectivity index (χ1n) is 3.32. The fourth-order valence-corrected chi connectivity index (χ4v) is 0.978. The zero-order chi connectivity index (χ0) is 8.55. The Labute approximate surface area is 67.2 Å². The van der Waals surface area contributed by atoms with Crippen molar-refractivity contribution in [3.05, 3.63) is 17.3 Å². The van der Waals surface area contributed by atoms with Gasteiger partial charge in [-0.25, -0.2) is 0 Å². The van der Waals surface area contributed by atoms with Crippen LogP contribution in [0.1, 0.15) is 16.1 Å². The lowest BCUT2D eigenvalue weighted by Crippen LogP contribution is -1.99. The molecular formula is C6H5N5O. The van der Waals surface area contributed by atoms with Crippen molar-refractivity contribution in [1.29, 1.82) is 0 Å². The highest BCUT2D eigenvalue weighted by Crippen LogP contribution is 2.03. The number of nitrogens with zero attached hydrogens (tertiary/aromatic N) is 5. The van der Waals surface area contributed by atoms with Crippen LogP contribution in [-0.4, -0.2) is 31.5 Å². The third-order valence-electron chi connectivity index (χ3n) is 1.46. The van der Waals surface area contributed by atoms with E-state index in [9.17, 15) is 4.79 Å². The Morgan fingerprint density at radius 2 is 2.42 bits per heavy atom.